The van der Waals surface area contributed by atoms with Gasteiger partial charge in [0.05, 0.1) is 24.6 Å². The lowest BCUT2D eigenvalue weighted by Crippen LogP contribution is -2.47. The van der Waals surface area contributed by atoms with Crippen LogP contribution >= 0.6 is 0 Å². The molecule has 0 unspecified atom stereocenters. The molecular formula is C12H16FN3O. The molecule has 1 aromatic heterocycles. The molecule has 92 valence electrons. The van der Waals surface area contributed by atoms with Crippen LogP contribution in [0.25, 0.3) is 0 Å². The molecule has 1 aliphatic heterocycles. The molecular weight excluding hydrogens is 221 g/mol. The predicted octanol–water partition coefficient (Wildman–Crippen LogP) is 1.62. The Morgan fingerprint density at radius 3 is 2.76 bits per heavy atom. The maximum absolute atomic E-state index is 12.7. The Kier molecular flexibility index (Phi) is 2.70. The van der Waals surface area contributed by atoms with Crippen molar-refractivity contribution in [1.82, 2.24) is 9.97 Å². The number of morpholine rings is 1. The molecule has 1 saturated heterocycles. The minimum absolute atomic E-state index is 0.196. The summed E-state index contributed by atoms with van der Waals surface area (Å²) in [6.07, 6.45) is 5.69. The number of ether oxygens (including phenoxy) is 1. The third kappa shape index (κ3) is 2.39. The SMILES string of the molecule is C[C@H]1CN(c2cnc(F)cn2)C[C@H](C2CC2)O1. The highest BCUT2D eigenvalue weighted by molar-refractivity contribution is 5.36. The average Bonchev–Trinajstić information content (AvgIpc) is 3.13. The van der Waals surface area contributed by atoms with Crippen molar-refractivity contribution in [2.45, 2.75) is 32.0 Å². The van der Waals surface area contributed by atoms with Crippen molar-refractivity contribution < 1.29 is 9.13 Å². The van der Waals surface area contributed by atoms with Gasteiger partial charge in [-0.15, -0.1) is 0 Å². The van der Waals surface area contributed by atoms with Gasteiger partial charge >= 0.3 is 0 Å². The standard InChI is InChI=1S/C12H16FN3O/c1-8-6-16(7-10(17-8)9-2-3-9)12-5-14-11(13)4-15-12/h4-5,8-10H,2-3,6-7H2,1H3/t8-,10+/m0/s1. The predicted molar refractivity (Wildman–Crippen MR) is 61.3 cm³/mol. The fraction of sp³-hybridized carbons (Fsp3) is 0.667. The molecule has 0 spiro atoms. The van der Waals surface area contributed by atoms with Crippen LogP contribution in [0.15, 0.2) is 12.4 Å². The van der Waals surface area contributed by atoms with E-state index in [1.54, 1.807) is 0 Å². The summed E-state index contributed by atoms with van der Waals surface area (Å²) in [4.78, 5) is 9.88. The molecule has 0 bridgehead atoms. The monoisotopic (exact) mass is 237 g/mol. The third-order valence-corrected chi connectivity index (χ3v) is 3.36. The fourth-order valence-corrected chi connectivity index (χ4v) is 2.37. The van der Waals surface area contributed by atoms with Gasteiger partial charge < -0.3 is 9.64 Å². The van der Waals surface area contributed by atoms with E-state index >= 15 is 0 Å². The molecule has 1 saturated carbocycles. The second-order valence-corrected chi connectivity index (χ2v) is 4.92. The molecule has 2 fully saturated rings. The second-order valence-electron chi connectivity index (χ2n) is 4.92. The van der Waals surface area contributed by atoms with Gasteiger partial charge in [0.15, 0.2) is 0 Å². The van der Waals surface area contributed by atoms with Crippen LogP contribution < -0.4 is 4.90 Å². The van der Waals surface area contributed by atoms with E-state index in [0.29, 0.717) is 12.0 Å². The number of anilines is 1. The van der Waals surface area contributed by atoms with Crippen molar-refractivity contribution in [3.05, 3.63) is 18.3 Å². The lowest BCUT2D eigenvalue weighted by Gasteiger charge is -2.37. The highest BCUT2D eigenvalue weighted by atomic mass is 19.1. The largest absolute Gasteiger partial charge is 0.371 e. The van der Waals surface area contributed by atoms with Crippen molar-refractivity contribution in [3.63, 3.8) is 0 Å². The molecule has 3 rings (SSSR count). The van der Waals surface area contributed by atoms with Crippen molar-refractivity contribution >= 4 is 5.82 Å². The summed E-state index contributed by atoms with van der Waals surface area (Å²) in [7, 11) is 0. The van der Waals surface area contributed by atoms with E-state index in [9.17, 15) is 4.39 Å². The van der Waals surface area contributed by atoms with Crippen molar-refractivity contribution in [2.75, 3.05) is 18.0 Å². The third-order valence-electron chi connectivity index (χ3n) is 3.36. The Morgan fingerprint density at radius 1 is 1.29 bits per heavy atom. The van der Waals surface area contributed by atoms with Gasteiger partial charge in [-0.25, -0.2) is 9.97 Å². The van der Waals surface area contributed by atoms with Crippen LogP contribution in [-0.2, 0) is 4.74 Å². The molecule has 0 aromatic carbocycles. The number of rotatable bonds is 2. The van der Waals surface area contributed by atoms with Gasteiger partial charge in [0, 0.05) is 13.1 Å². The summed E-state index contributed by atoms with van der Waals surface area (Å²) in [5.41, 5.74) is 0. The topological polar surface area (TPSA) is 38.2 Å². The normalized spacial score (nSPS) is 29.4. The van der Waals surface area contributed by atoms with Crippen LogP contribution in [0, 0.1) is 11.9 Å². The Labute approximate surface area is 99.8 Å². The number of hydrogen-bond donors (Lipinski definition) is 0. The van der Waals surface area contributed by atoms with Crippen molar-refractivity contribution in [3.8, 4) is 0 Å². The summed E-state index contributed by atoms with van der Waals surface area (Å²) in [5.74, 6) is 0.912. The highest BCUT2D eigenvalue weighted by Gasteiger charge is 2.37. The van der Waals surface area contributed by atoms with Crippen LogP contribution in [0.3, 0.4) is 0 Å². The van der Waals surface area contributed by atoms with Crippen LogP contribution in [0.5, 0.6) is 0 Å². The first-order valence-corrected chi connectivity index (χ1v) is 6.10. The number of aromatic nitrogens is 2. The van der Waals surface area contributed by atoms with E-state index in [1.165, 1.54) is 25.2 Å². The minimum Gasteiger partial charge on any atom is -0.371 e. The van der Waals surface area contributed by atoms with Gasteiger partial charge in [0.2, 0.25) is 5.95 Å². The van der Waals surface area contributed by atoms with E-state index in [-0.39, 0.29) is 6.10 Å². The Morgan fingerprint density at radius 2 is 2.12 bits per heavy atom. The van der Waals surface area contributed by atoms with Crippen molar-refractivity contribution in [1.29, 1.82) is 0 Å². The van der Waals surface area contributed by atoms with Crippen molar-refractivity contribution in [2.24, 2.45) is 5.92 Å². The zero-order chi connectivity index (χ0) is 11.8. The number of halogens is 1. The number of nitrogens with zero attached hydrogens (tertiary/aromatic N) is 3. The summed E-state index contributed by atoms with van der Waals surface area (Å²) in [6, 6.07) is 0. The molecule has 17 heavy (non-hydrogen) atoms. The maximum atomic E-state index is 12.7. The average molecular weight is 237 g/mol. The molecule has 5 heteroatoms. The van der Waals surface area contributed by atoms with E-state index in [0.717, 1.165) is 18.9 Å². The smallest absolute Gasteiger partial charge is 0.231 e. The lowest BCUT2D eigenvalue weighted by atomic mass is 10.1. The molecule has 2 atom stereocenters. The van der Waals surface area contributed by atoms with Gasteiger partial charge in [-0.3, -0.25) is 0 Å². The zero-order valence-corrected chi connectivity index (χ0v) is 9.84. The van der Waals surface area contributed by atoms with E-state index in [2.05, 4.69) is 21.8 Å². The summed E-state index contributed by atoms with van der Waals surface area (Å²) in [5, 5.41) is 0. The van der Waals surface area contributed by atoms with Gasteiger partial charge in [-0.05, 0) is 25.7 Å². The molecule has 0 radical (unpaired) electrons. The first kappa shape index (κ1) is 10.9. The van der Waals surface area contributed by atoms with Gasteiger partial charge in [-0.1, -0.05) is 0 Å². The Hall–Kier alpha value is -1.23. The lowest BCUT2D eigenvalue weighted by molar-refractivity contribution is -0.0273. The van der Waals surface area contributed by atoms with Crippen LogP contribution in [0.2, 0.25) is 0 Å². The first-order valence-electron chi connectivity index (χ1n) is 6.10. The number of hydrogen-bond acceptors (Lipinski definition) is 4. The van der Waals surface area contributed by atoms with Crippen LogP contribution in [0.1, 0.15) is 19.8 Å². The Bertz CT molecular complexity index is 393. The van der Waals surface area contributed by atoms with E-state index in [1.807, 2.05) is 0 Å². The minimum atomic E-state index is -0.534. The maximum Gasteiger partial charge on any atom is 0.231 e. The Balaban J connectivity index is 1.75. The second kappa shape index (κ2) is 4.22. The molecule has 4 nitrogen and oxygen atoms in total. The van der Waals surface area contributed by atoms with Gasteiger partial charge in [0.25, 0.3) is 0 Å². The summed E-state index contributed by atoms with van der Waals surface area (Å²) in [6.45, 7) is 3.71. The zero-order valence-electron chi connectivity index (χ0n) is 9.84. The first-order chi connectivity index (χ1) is 8.22. The summed E-state index contributed by atoms with van der Waals surface area (Å²) >= 11 is 0. The van der Waals surface area contributed by atoms with Crippen LogP contribution in [-0.4, -0.2) is 35.3 Å². The summed E-state index contributed by atoms with van der Waals surface area (Å²) < 4.78 is 18.7. The molecule has 2 heterocycles. The van der Waals surface area contributed by atoms with E-state index in [4.69, 9.17) is 4.74 Å². The van der Waals surface area contributed by atoms with Gasteiger partial charge in [0.1, 0.15) is 5.82 Å². The molecule has 2 aliphatic rings. The molecule has 1 aliphatic carbocycles. The van der Waals surface area contributed by atoms with E-state index < -0.39 is 5.95 Å². The molecule has 0 amide bonds. The molecule has 0 N–H and O–H groups in total. The van der Waals surface area contributed by atoms with Gasteiger partial charge in [-0.2, -0.15) is 4.39 Å². The quantitative estimate of drug-likeness (QED) is 0.783. The van der Waals surface area contributed by atoms with Crippen LogP contribution in [0.4, 0.5) is 10.2 Å². The fourth-order valence-electron chi connectivity index (χ4n) is 2.37. The highest BCUT2D eigenvalue weighted by Crippen LogP contribution is 2.37. The molecule has 1 aromatic rings.